The molecule has 0 radical (unpaired) electrons. The van der Waals surface area contributed by atoms with E-state index >= 15 is 0 Å². The molecule has 1 amide bonds. The number of carbonyl (C=O) groups excluding carboxylic acids is 1. The van der Waals surface area contributed by atoms with Crippen LogP contribution < -0.4 is 0 Å². The molecule has 1 fully saturated rings. The molecule has 0 spiro atoms. The van der Waals surface area contributed by atoms with Crippen LogP contribution in [0.3, 0.4) is 0 Å². The summed E-state index contributed by atoms with van der Waals surface area (Å²) in [5.74, 6) is -2.82. The molecule has 0 heterocycles. The summed E-state index contributed by atoms with van der Waals surface area (Å²) in [5, 5.41) is 0. The predicted molar refractivity (Wildman–Crippen MR) is 87.0 cm³/mol. The lowest BCUT2D eigenvalue weighted by atomic mass is 10.1. The Morgan fingerprint density at radius 2 is 1.83 bits per heavy atom. The van der Waals surface area contributed by atoms with E-state index in [1.165, 1.54) is 11.9 Å². The largest absolute Gasteiger partial charge is 0.444 e. The number of ether oxygens (including phenoxy) is 2. The smallest absolute Gasteiger partial charge is 0.410 e. The Bertz CT molecular complexity index is 571. The highest BCUT2D eigenvalue weighted by Crippen LogP contribution is 2.61. The molecule has 0 aromatic heterocycles. The van der Waals surface area contributed by atoms with Gasteiger partial charge in [0.05, 0.1) is 18.6 Å². The van der Waals surface area contributed by atoms with Gasteiger partial charge < -0.3 is 14.4 Å². The number of amides is 1. The Hall–Kier alpha value is -1.69. The summed E-state index contributed by atoms with van der Waals surface area (Å²) in [6.07, 6.45) is -0.880. The summed E-state index contributed by atoms with van der Waals surface area (Å²) in [6, 6.07) is 9.39. The fraction of sp³-hybridized carbons (Fsp3) is 0.611. The second-order valence-corrected chi connectivity index (χ2v) is 7.48. The van der Waals surface area contributed by atoms with Crippen LogP contribution in [-0.4, -0.2) is 42.7 Å². The van der Waals surface area contributed by atoms with Crippen molar-refractivity contribution in [1.82, 2.24) is 4.90 Å². The van der Waals surface area contributed by atoms with E-state index < -0.39 is 23.0 Å². The zero-order chi connectivity index (χ0) is 18.0. The Morgan fingerprint density at radius 1 is 1.25 bits per heavy atom. The van der Waals surface area contributed by atoms with E-state index in [1.54, 1.807) is 20.8 Å². The number of benzene rings is 1. The zero-order valence-corrected chi connectivity index (χ0v) is 14.6. The third-order valence-electron chi connectivity index (χ3n) is 3.95. The standard InChI is InChI=1S/C18H25F2NO3/c1-16(2,3)24-15(22)21(4)12-17(11-18(17,19)20)13-23-10-14-8-6-5-7-9-14/h5-9H,10-13H2,1-4H3/t17-/m1/s1. The van der Waals surface area contributed by atoms with Crippen LogP contribution in [-0.2, 0) is 16.1 Å². The third-order valence-corrected chi connectivity index (χ3v) is 3.95. The molecule has 0 N–H and O–H groups in total. The third kappa shape index (κ3) is 4.66. The van der Waals surface area contributed by atoms with Gasteiger partial charge in [0.25, 0.3) is 5.92 Å². The molecular weight excluding hydrogens is 316 g/mol. The van der Waals surface area contributed by atoms with Crippen LogP contribution in [0.15, 0.2) is 30.3 Å². The van der Waals surface area contributed by atoms with Gasteiger partial charge in [0, 0.05) is 20.0 Å². The molecule has 1 aliphatic carbocycles. The highest BCUT2D eigenvalue weighted by molar-refractivity contribution is 5.67. The zero-order valence-electron chi connectivity index (χ0n) is 14.6. The van der Waals surface area contributed by atoms with Crippen molar-refractivity contribution in [2.75, 3.05) is 20.2 Å². The molecule has 6 heteroatoms. The van der Waals surface area contributed by atoms with Gasteiger partial charge in [-0.3, -0.25) is 0 Å². The maximum atomic E-state index is 13.9. The summed E-state index contributed by atoms with van der Waals surface area (Å²) in [7, 11) is 1.47. The van der Waals surface area contributed by atoms with Crippen molar-refractivity contribution in [3.05, 3.63) is 35.9 Å². The van der Waals surface area contributed by atoms with Gasteiger partial charge in [-0.25, -0.2) is 13.6 Å². The van der Waals surface area contributed by atoms with Gasteiger partial charge in [0.2, 0.25) is 0 Å². The molecule has 0 aliphatic heterocycles. The van der Waals surface area contributed by atoms with E-state index in [-0.39, 0.29) is 26.2 Å². The van der Waals surface area contributed by atoms with Gasteiger partial charge in [0.1, 0.15) is 5.60 Å². The molecule has 0 saturated heterocycles. The van der Waals surface area contributed by atoms with Crippen molar-refractivity contribution < 1.29 is 23.0 Å². The predicted octanol–water partition coefficient (Wildman–Crippen LogP) is 4.10. The first kappa shape index (κ1) is 18.6. The monoisotopic (exact) mass is 341 g/mol. The second kappa shape index (κ2) is 6.67. The lowest BCUT2D eigenvalue weighted by Crippen LogP contribution is -2.40. The van der Waals surface area contributed by atoms with Gasteiger partial charge in [-0.05, 0) is 26.3 Å². The Balaban J connectivity index is 1.90. The normalized spacial score (nSPS) is 22.1. The molecule has 134 valence electrons. The summed E-state index contributed by atoms with van der Waals surface area (Å²) in [6.45, 7) is 5.30. The topological polar surface area (TPSA) is 38.8 Å². The van der Waals surface area contributed by atoms with Gasteiger partial charge in [-0.1, -0.05) is 30.3 Å². The van der Waals surface area contributed by atoms with Crippen LogP contribution in [0.2, 0.25) is 0 Å². The van der Waals surface area contributed by atoms with Gasteiger partial charge in [-0.15, -0.1) is 0 Å². The minimum absolute atomic E-state index is 0.0935. The van der Waals surface area contributed by atoms with Crippen molar-refractivity contribution in [1.29, 1.82) is 0 Å². The maximum absolute atomic E-state index is 13.9. The van der Waals surface area contributed by atoms with Crippen molar-refractivity contribution in [3.8, 4) is 0 Å². The molecule has 2 rings (SSSR count). The van der Waals surface area contributed by atoms with Crippen LogP contribution in [0.25, 0.3) is 0 Å². The van der Waals surface area contributed by atoms with E-state index in [4.69, 9.17) is 9.47 Å². The number of hydrogen-bond donors (Lipinski definition) is 0. The summed E-state index contributed by atoms with van der Waals surface area (Å²) >= 11 is 0. The maximum Gasteiger partial charge on any atom is 0.410 e. The molecular formula is C18H25F2NO3. The van der Waals surface area contributed by atoms with Gasteiger partial charge in [0.15, 0.2) is 0 Å². The molecule has 24 heavy (non-hydrogen) atoms. The second-order valence-electron chi connectivity index (χ2n) is 7.48. The van der Waals surface area contributed by atoms with Gasteiger partial charge >= 0.3 is 6.09 Å². The van der Waals surface area contributed by atoms with Crippen LogP contribution in [0.5, 0.6) is 0 Å². The number of halogens is 2. The van der Waals surface area contributed by atoms with E-state index in [0.717, 1.165) is 5.56 Å². The number of carbonyl (C=O) groups is 1. The minimum atomic E-state index is -2.82. The van der Waals surface area contributed by atoms with Crippen molar-refractivity contribution in [3.63, 3.8) is 0 Å². The van der Waals surface area contributed by atoms with E-state index in [0.29, 0.717) is 0 Å². The lowest BCUT2D eigenvalue weighted by molar-refractivity contribution is -0.0170. The Morgan fingerprint density at radius 3 is 2.33 bits per heavy atom. The number of hydrogen-bond acceptors (Lipinski definition) is 3. The molecule has 0 bridgehead atoms. The van der Waals surface area contributed by atoms with Crippen molar-refractivity contribution in [2.45, 2.75) is 45.3 Å². The fourth-order valence-electron chi connectivity index (χ4n) is 2.55. The number of alkyl halides is 2. The summed E-state index contributed by atoms with van der Waals surface area (Å²) < 4.78 is 38.5. The molecule has 0 unspecified atom stereocenters. The molecule has 4 nitrogen and oxygen atoms in total. The van der Waals surface area contributed by atoms with Crippen LogP contribution in [0, 0.1) is 5.41 Å². The fourth-order valence-corrected chi connectivity index (χ4v) is 2.55. The van der Waals surface area contributed by atoms with Crippen LogP contribution in [0.1, 0.15) is 32.8 Å². The van der Waals surface area contributed by atoms with E-state index in [9.17, 15) is 13.6 Å². The first-order valence-corrected chi connectivity index (χ1v) is 7.98. The first-order chi connectivity index (χ1) is 11.0. The van der Waals surface area contributed by atoms with Crippen molar-refractivity contribution >= 4 is 6.09 Å². The SMILES string of the molecule is CN(C[C@@]1(COCc2ccccc2)CC1(F)F)C(=O)OC(C)(C)C. The van der Waals surface area contributed by atoms with Crippen LogP contribution in [0.4, 0.5) is 13.6 Å². The quantitative estimate of drug-likeness (QED) is 0.782. The molecule has 1 atom stereocenters. The Labute approximate surface area is 141 Å². The van der Waals surface area contributed by atoms with Crippen molar-refractivity contribution in [2.24, 2.45) is 5.41 Å². The highest BCUT2D eigenvalue weighted by Gasteiger charge is 2.71. The van der Waals surface area contributed by atoms with Crippen LogP contribution >= 0.6 is 0 Å². The number of rotatable bonds is 6. The lowest BCUT2D eigenvalue weighted by Gasteiger charge is -2.27. The summed E-state index contributed by atoms with van der Waals surface area (Å²) in [4.78, 5) is 13.2. The molecule has 1 aromatic rings. The average molecular weight is 341 g/mol. The van der Waals surface area contributed by atoms with E-state index in [2.05, 4.69) is 0 Å². The number of nitrogens with zero attached hydrogens (tertiary/aromatic N) is 1. The molecule has 1 aromatic carbocycles. The first-order valence-electron chi connectivity index (χ1n) is 7.98. The molecule has 1 saturated carbocycles. The molecule has 1 aliphatic rings. The van der Waals surface area contributed by atoms with E-state index in [1.807, 2.05) is 30.3 Å². The average Bonchev–Trinajstić information content (AvgIpc) is 2.98. The summed E-state index contributed by atoms with van der Waals surface area (Å²) in [5.41, 5.74) is -1.06. The minimum Gasteiger partial charge on any atom is -0.444 e. The van der Waals surface area contributed by atoms with Gasteiger partial charge in [-0.2, -0.15) is 0 Å². The Kier molecular flexibility index (Phi) is 5.18. The highest BCUT2D eigenvalue weighted by atomic mass is 19.3.